The molecule has 8 atom stereocenters. The molecular weight excluding hydrogens is 415 g/mol. The molecule has 1 N–H and O–H groups in total. The molecule has 158 valence electrons. The first-order valence-corrected chi connectivity index (χ1v) is 10.1. The number of alkyl halides is 3. The predicted molar refractivity (Wildman–Crippen MR) is 102 cm³/mol. The van der Waals surface area contributed by atoms with Gasteiger partial charge in [-0.15, -0.1) is 0 Å². The van der Waals surface area contributed by atoms with Gasteiger partial charge < -0.3 is 23.6 Å². The van der Waals surface area contributed by atoms with Crippen LogP contribution < -0.4 is 4.74 Å². The number of fused-ring (bicyclic) bond motifs is 1. The van der Waals surface area contributed by atoms with Gasteiger partial charge in [-0.2, -0.15) is 13.2 Å². The second kappa shape index (κ2) is 9.55. The van der Waals surface area contributed by atoms with Gasteiger partial charge in [0.15, 0.2) is 6.29 Å². The van der Waals surface area contributed by atoms with Crippen molar-refractivity contribution in [2.45, 2.75) is 56.5 Å². The van der Waals surface area contributed by atoms with Crippen molar-refractivity contribution in [3.63, 3.8) is 0 Å². The first kappa shape index (κ1) is 22.2. The third-order valence-electron chi connectivity index (χ3n) is 5.56. The van der Waals surface area contributed by atoms with Gasteiger partial charge in [-0.1, -0.05) is 6.07 Å². The molecule has 1 aromatic carbocycles. The van der Waals surface area contributed by atoms with Crippen LogP contribution in [0.4, 0.5) is 13.2 Å². The number of hydrogen-bond donors (Lipinski definition) is 1. The SMILES string of the molecule is OC1C[C@H]2C(CC(OP)[C@@H]2CCC(COc2cccc(C(F)(F)F)c2)OP)O1. The van der Waals surface area contributed by atoms with E-state index in [1.807, 2.05) is 0 Å². The molecule has 2 fully saturated rings. The fraction of sp³-hybridized carbons (Fsp3) is 0.667. The molecule has 1 heterocycles. The smallest absolute Gasteiger partial charge is 0.416 e. The monoisotopic (exact) mass is 440 g/mol. The molecule has 2 aliphatic rings. The van der Waals surface area contributed by atoms with Crippen LogP contribution in [-0.4, -0.2) is 36.3 Å². The Morgan fingerprint density at radius 1 is 1.25 bits per heavy atom. The largest absolute Gasteiger partial charge is 0.491 e. The summed E-state index contributed by atoms with van der Waals surface area (Å²) in [5.41, 5.74) is -0.745. The summed E-state index contributed by atoms with van der Waals surface area (Å²) in [6.45, 7) is 0.136. The van der Waals surface area contributed by atoms with E-state index in [1.54, 1.807) is 0 Å². The van der Waals surface area contributed by atoms with E-state index in [-0.39, 0.29) is 42.5 Å². The van der Waals surface area contributed by atoms with Crippen molar-refractivity contribution in [3.8, 4) is 5.75 Å². The highest BCUT2D eigenvalue weighted by Crippen LogP contribution is 2.46. The zero-order chi connectivity index (χ0) is 20.3. The lowest BCUT2D eigenvalue weighted by atomic mass is 9.87. The van der Waals surface area contributed by atoms with E-state index in [0.29, 0.717) is 12.8 Å². The first-order valence-electron chi connectivity index (χ1n) is 9.16. The molecule has 1 saturated heterocycles. The van der Waals surface area contributed by atoms with Gasteiger partial charge in [0.1, 0.15) is 12.4 Å². The lowest BCUT2D eigenvalue weighted by molar-refractivity contribution is -0.137. The zero-order valence-electron chi connectivity index (χ0n) is 15.2. The molecule has 6 unspecified atom stereocenters. The van der Waals surface area contributed by atoms with Gasteiger partial charge in [-0.25, -0.2) is 0 Å². The minimum Gasteiger partial charge on any atom is -0.491 e. The molecule has 0 bridgehead atoms. The summed E-state index contributed by atoms with van der Waals surface area (Å²) in [6, 6.07) is 4.80. The van der Waals surface area contributed by atoms with Gasteiger partial charge in [0, 0.05) is 31.8 Å². The average molecular weight is 440 g/mol. The minimum absolute atomic E-state index is 0.00211. The van der Waals surface area contributed by atoms with Crippen molar-refractivity contribution >= 4 is 18.9 Å². The number of benzene rings is 1. The third-order valence-corrected chi connectivity index (χ3v) is 6.30. The van der Waals surface area contributed by atoms with Crippen molar-refractivity contribution < 1.29 is 36.8 Å². The standard InChI is InChI=1S/C18H25F3O5P2/c19-18(20,21)10-2-1-3-11(6-10)23-9-12(25-27)4-5-13-14-7-17(22)24-15(14)8-16(13)26-28/h1-3,6,12-17,22H,4-5,7-9,27-28H2/t12?,13-,14-,15?,16?,17?/m1/s1. The normalized spacial score (nSPS) is 31.0. The Bertz CT molecular complexity index is 648. The van der Waals surface area contributed by atoms with Crippen molar-refractivity contribution in [1.82, 2.24) is 0 Å². The summed E-state index contributed by atoms with van der Waals surface area (Å²) in [5, 5.41) is 9.73. The maximum absolute atomic E-state index is 12.8. The quantitative estimate of drug-likeness (QED) is 0.621. The highest BCUT2D eigenvalue weighted by atomic mass is 31.0. The molecule has 1 aliphatic heterocycles. The molecule has 0 amide bonds. The summed E-state index contributed by atoms with van der Waals surface area (Å²) >= 11 is 0. The lowest BCUT2D eigenvalue weighted by Gasteiger charge is -2.25. The Hall–Kier alpha value is -0.490. The number of halogens is 3. The fourth-order valence-electron chi connectivity index (χ4n) is 4.18. The van der Waals surface area contributed by atoms with Crippen molar-refractivity contribution in [1.29, 1.82) is 0 Å². The van der Waals surface area contributed by atoms with Crippen LogP contribution in [0, 0.1) is 11.8 Å². The highest BCUT2D eigenvalue weighted by Gasteiger charge is 2.49. The van der Waals surface area contributed by atoms with Crippen LogP contribution in [0.3, 0.4) is 0 Å². The Morgan fingerprint density at radius 2 is 2.04 bits per heavy atom. The Kier molecular flexibility index (Phi) is 7.57. The van der Waals surface area contributed by atoms with Gasteiger partial charge in [-0.05, 0) is 42.9 Å². The van der Waals surface area contributed by atoms with E-state index in [9.17, 15) is 18.3 Å². The highest BCUT2D eigenvalue weighted by molar-refractivity contribution is 7.10. The summed E-state index contributed by atoms with van der Waals surface area (Å²) in [5.74, 6) is 0.604. The Labute approximate surface area is 166 Å². The summed E-state index contributed by atoms with van der Waals surface area (Å²) in [6.07, 6.45) is -2.63. The van der Waals surface area contributed by atoms with Gasteiger partial charge >= 0.3 is 6.18 Å². The van der Waals surface area contributed by atoms with Crippen molar-refractivity contribution in [2.24, 2.45) is 11.8 Å². The van der Waals surface area contributed by atoms with Crippen molar-refractivity contribution in [3.05, 3.63) is 29.8 Å². The number of hydrogen-bond acceptors (Lipinski definition) is 5. The molecule has 0 radical (unpaired) electrons. The number of aliphatic hydroxyl groups excluding tert-OH is 1. The van der Waals surface area contributed by atoms with Crippen LogP contribution in [-0.2, 0) is 20.0 Å². The molecule has 1 saturated carbocycles. The van der Waals surface area contributed by atoms with Gasteiger partial charge in [-0.3, -0.25) is 0 Å². The third kappa shape index (κ3) is 5.35. The zero-order valence-corrected chi connectivity index (χ0v) is 17.5. The van der Waals surface area contributed by atoms with Crippen LogP contribution in [0.5, 0.6) is 5.75 Å². The number of ether oxygens (including phenoxy) is 2. The van der Waals surface area contributed by atoms with Crippen LogP contribution in [0.15, 0.2) is 24.3 Å². The van der Waals surface area contributed by atoms with E-state index < -0.39 is 18.0 Å². The number of rotatable bonds is 8. The van der Waals surface area contributed by atoms with E-state index in [4.69, 9.17) is 18.5 Å². The van der Waals surface area contributed by atoms with Crippen LogP contribution in [0.25, 0.3) is 0 Å². The lowest BCUT2D eigenvalue weighted by Crippen LogP contribution is -2.25. The molecule has 0 spiro atoms. The van der Waals surface area contributed by atoms with Crippen LogP contribution >= 0.6 is 18.9 Å². The summed E-state index contributed by atoms with van der Waals surface area (Å²) < 4.78 is 60.4. The minimum atomic E-state index is -4.41. The van der Waals surface area contributed by atoms with Gasteiger partial charge in [0.05, 0.1) is 23.9 Å². The second-order valence-electron chi connectivity index (χ2n) is 7.27. The Morgan fingerprint density at radius 3 is 2.71 bits per heavy atom. The van der Waals surface area contributed by atoms with Crippen LogP contribution in [0.2, 0.25) is 0 Å². The van der Waals surface area contributed by atoms with Crippen molar-refractivity contribution in [2.75, 3.05) is 6.61 Å². The summed E-state index contributed by atoms with van der Waals surface area (Å²) in [7, 11) is 4.49. The molecule has 5 nitrogen and oxygen atoms in total. The Balaban J connectivity index is 1.53. The van der Waals surface area contributed by atoms with E-state index >= 15 is 0 Å². The molecule has 0 aromatic heterocycles. The predicted octanol–water partition coefficient (Wildman–Crippen LogP) is 3.96. The maximum Gasteiger partial charge on any atom is 0.416 e. The van der Waals surface area contributed by atoms with E-state index in [1.165, 1.54) is 12.1 Å². The van der Waals surface area contributed by atoms with Gasteiger partial charge in [0.2, 0.25) is 0 Å². The molecule has 28 heavy (non-hydrogen) atoms. The second-order valence-corrected chi connectivity index (χ2v) is 7.82. The molecule has 1 aliphatic carbocycles. The van der Waals surface area contributed by atoms with Gasteiger partial charge in [0.25, 0.3) is 0 Å². The molecule has 1 aromatic rings. The topological polar surface area (TPSA) is 57.2 Å². The fourth-order valence-corrected chi connectivity index (χ4v) is 4.71. The van der Waals surface area contributed by atoms with Crippen LogP contribution in [0.1, 0.15) is 31.2 Å². The molecular formula is C18H25F3O5P2. The van der Waals surface area contributed by atoms with E-state index in [0.717, 1.165) is 25.0 Å². The average Bonchev–Trinajstić information content (AvgIpc) is 3.17. The summed E-state index contributed by atoms with van der Waals surface area (Å²) in [4.78, 5) is 0. The maximum atomic E-state index is 12.8. The number of aliphatic hydroxyl groups is 1. The molecule has 3 rings (SSSR count). The van der Waals surface area contributed by atoms with E-state index in [2.05, 4.69) is 18.9 Å². The molecule has 10 heteroatoms. The first-order chi connectivity index (χ1) is 13.3.